The third-order valence-corrected chi connectivity index (χ3v) is 7.51. The lowest BCUT2D eigenvalue weighted by Gasteiger charge is -2.47. The maximum atomic E-state index is 14.9. The lowest BCUT2D eigenvalue weighted by atomic mass is 10.1. The Bertz CT molecular complexity index is 1530. The third-order valence-electron chi connectivity index (χ3n) is 7.51. The fourth-order valence-electron chi connectivity index (χ4n) is 5.24. The number of anilines is 1. The van der Waals surface area contributed by atoms with Crippen LogP contribution in [0.4, 0.5) is 18.9 Å². The smallest absolute Gasteiger partial charge is 0.182 e. The van der Waals surface area contributed by atoms with E-state index in [1.807, 2.05) is 13.0 Å². The van der Waals surface area contributed by atoms with E-state index >= 15 is 0 Å². The van der Waals surface area contributed by atoms with Crippen molar-refractivity contribution in [2.24, 2.45) is 0 Å². The molecule has 0 unspecified atom stereocenters. The Labute approximate surface area is 219 Å². The summed E-state index contributed by atoms with van der Waals surface area (Å²) in [5.41, 5.74) is 3.35. The van der Waals surface area contributed by atoms with Crippen LogP contribution in [0.1, 0.15) is 11.4 Å². The van der Waals surface area contributed by atoms with Crippen molar-refractivity contribution in [3.63, 3.8) is 0 Å². The Balaban J connectivity index is 1.39. The molecule has 0 radical (unpaired) electrons. The van der Waals surface area contributed by atoms with Gasteiger partial charge in [0.2, 0.25) is 0 Å². The molecule has 4 heterocycles. The van der Waals surface area contributed by atoms with Gasteiger partial charge in [0.15, 0.2) is 11.5 Å². The molecule has 2 saturated heterocycles. The second-order valence-electron chi connectivity index (χ2n) is 10.2. The molecule has 2 aromatic carbocycles. The average Bonchev–Trinajstić information content (AvgIpc) is 2.87. The van der Waals surface area contributed by atoms with Gasteiger partial charge in [-0.1, -0.05) is 0 Å². The highest BCUT2D eigenvalue weighted by Gasteiger charge is 2.31. The van der Waals surface area contributed by atoms with Crippen molar-refractivity contribution in [2.45, 2.75) is 19.9 Å². The normalized spacial score (nSPS) is 17.3. The van der Waals surface area contributed by atoms with Gasteiger partial charge in [-0.05, 0) is 51.2 Å². The highest BCUT2D eigenvalue weighted by atomic mass is 19.1. The van der Waals surface area contributed by atoms with Gasteiger partial charge in [-0.25, -0.2) is 33.1 Å². The van der Waals surface area contributed by atoms with Crippen LogP contribution in [0, 0.1) is 31.3 Å². The zero-order valence-corrected chi connectivity index (χ0v) is 21.5. The fraction of sp³-hybridized carbons (Fsp3) is 0.357. The molecule has 2 aliphatic rings. The molecule has 0 atom stereocenters. The van der Waals surface area contributed by atoms with Crippen LogP contribution in [0.2, 0.25) is 0 Å². The number of likely N-dealkylation sites (N-methyl/N-ethyl adjacent to an activating group) is 1. The van der Waals surface area contributed by atoms with Crippen molar-refractivity contribution >= 4 is 16.9 Å². The first kappa shape index (κ1) is 24.7. The SMILES string of the molecule is Cc1nc2nc(-c3cc(F)cc(N4CCN(C5CN(C)C5)CC4)c3)nc(-c3ccc(F)cc3F)c2nc1C. The average molecular weight is 520 g/mol. The van der Waals surface area contributed by atoms with E-state index in [-0.39, 0.29) is 22.7 Å². The van der Waals surface area contributed by atoms with Crippen molar-refractivity contribution in [2.75, 3.05) is 51.2 Å². The van der Waals surface area contributed by atoms with Crippen LogP contribution in [0.25, 0.3) is 33.8 Å². The molecule has 6 rings (SSSR count). The first-order chi connectivity index (χ1) is 18.2. The van der Waals surface area contributed by atoms with E-state index in [1.54, 1.807) is 6.92 Å². The summed E-state index contributed by atoms with van der Waals surface area (Å²) >= 11 is 0. The van der Waals surface area contributed by atoms with Crippen molar-refractivity contribution in [3.05, 3.63) is 65.2 Å². The first-order valence-electron chi connectivity index (χ1n) is 12.7. The topological polar surface area (TPSA) is 61.3 Å². The number of rotatable bonds is 4. The van der Waals surface area contributed by atoms with Crippen LogP contribution in [0.3, 0.4) is 0 Å². The van der Waals surface area contributed by atoms with Crippen LogP contribution in [0.15, 0.2) is 36.4 Å². The summed E-state index contributed by atoms with van der Waals surface area (Å²) in [6.07, 6.45) is 0. The second kappa shape index (κ2) is 9.59. The zero-order chi connectivity index (χ0) is 26.6. The molecule has 196 valence electrons. The monoisotopic (exact) mass is 519 g/mol. The molecule has 0 saturated carbocycles. The minimum Gasteiger partial charge on any atom is -0.369 e. The molecule has 38 heavy (non-hydrogen) atoms. The van der Waals surface area contributed by atoms with Gasteiger partial charge in [0.05, 0.1) is 11.4 Å². The van der Waals surface area contributed by atoms with Gasteiger partial charge in [-0.3, -0.25) is 4.90 Å². The maximum Gasteiger partial charge on any atom is 0.182 e. The van der Waals surface area contributed by atoms with Crippen LogP contribution in [-0.4, -0.2) is 82.1 Å². The third kappa shape index (κ3) is 4.58. The summed E-state index contributed by atoms with van der Waals surface area (Å²) in [6, 6.07) is 8.63. The molecular weight excluding hydrogens is 491 g/mol. The number of fused-ring (bicyclic) bond motifs is 1. The van der Waals surface area contributed by atoms with Crippen molar-refractivity contribution in [1.29, 1.82) is 0 Å². The summed E-state index contributed by atoms with van der Waals surface area (Å²) in [6.45, 7) is 9.18. The molecular formula is C28H28F3N7. The van der Waals surface area contributed by atoms with E-state index in [0.717, 1.165) is 51.0 Å². The molecule has 2 aliphatic heterocycles. The van der Waals surface area contributed by atoms with E-state index < -0.39 is 17.5 Å². The van der Waals surface area contributed by atoms with Crippen molar-refractivity contribution in [3.8, 4) is 22.6 Å². The Kier molecular flexibility index (Phi) is 6.23. The number of hydrogen-bond donors (Lipinski definition) is 0. The highest BCUT2D eigenvalue weighted by molar-refractivity contribution is 5.89. The van der Waals surface area contributed by atoms with Crippen LogP contribution < -0.4 is 4.90 Å². The predicted molar refractivity (Wildman–Crippen MR) is 140 cm³/mol. The van der Waals surface area contributed by atoms with E-state index in [0.29, 0.717) is 28.5 Å². The van der Waals surface area contributed by atoms with Gasteiger partial charge in [0.25, 0.3) is 0 Å². The van der Waals surface area contributed by atoms with E-state index in [1.165, 1.54) is 24.3 Å². The summed E-state index contributed by atoms with van der Waals surface area (Å²) in [4.78, 5) is 25.3. The van der Waals surface area contributed by atoms with E-state index in [2.05, 4.69) is 41.7 Å². The van der Waals surface area contributed by atoms with Crippen molar-refractivity contribution < 1.29 is 13.2 Å². The van der Waals surface area contributed by atoms with Crippen molar-refractivity contribution in [1.82, 2.24) is 29.7 Å². The highest BCUT2D eigenvalue weighted by Crippen LogP contribution is 2.32. The summed E-state index contributed by atoms with van der Waals surface area (Å²) in [5, 5.41) is 0. The number of benzene rings is 2. The van der Waals surface area contributed by atoms with Gasteiger partial charge < -0.3 is 9.80 Å². The van der Waals surface area contributed by atoms with Gasteiger partial charge in [-0.2, -0.15) is 0 Å². The molecule has 2 aromatic heterocycles. The Morgan fingerprint density at radius 2 is 1.53 bits per heavy atom. The molecule has 0 spiro atoms. The van der Waals surface area contributed by atoms with Gasteiger partial charge in [0, 0.05) is 68.2 Å². The molecule has 0 bridgehead atoms. The van der Waals surface area contributed by atoms with Gasteiger partial charge in [0.1, 0.15) is 28.7 Å². The molecule has 0 amide bonds. The summed E-state index contributed by atoms with van der Waals surface area (Å²) in [7, 11) is 2.12. The van der Waals surface area contributed by atoms with E-state index in [9.17, 15) is 13.2 Å². The molecule has 4 aromatic rings. The maximum absolute atomic E-state index is 14.9. The molecule has 7 nitrogen and oxygen atoms in total. The summed E-state index contributed by atoms with van der Waals surface area (Å²) in [5.74, 6) is -1.68. The Hall–Kier alpha value is -3.63. The quantitative estimate of drug-likeness (QED) is 0.400. The number of nitrogens with zero attached hydrogens (tertiary/aromatic N) is 7. The van der Waals surface area contributed by atoms with E-state index in [4.69, 9.17) is 0 Å². The van der Waals surface area contributed by atoms with Gasteiger partial charge in [-0.15, -0.1) is 0 Å². The summed E-state index contributed by atoms with van der Waals surface area (Å²) < 4.78 is 43.4. The first-order valence-corrected chi connectivity index (χ1v) is 12.7. The molecule has 0 N–H and O–H groups in total. The minimum absolute atomic E-state index is 0.0759. The number of hydrogen-bond acceptors (Lipinski definition) is 7. The Morgan fingerprint density at radius 3 is 2.24 bits per heavy atom. The fourth-order valence-corrected chi connectivity index (χ4v) is 5.24. The zero-order valence-electron chi connectivity index (χ0n) is 21.5. The lowest BCUT2D eigenvalue weighted by molar-refractivity contribution is 0.0488. The number of aryl methyl sites for hydroxylation is 2. The standard InChI is InChI=1S/C28H28F3N7/c1-16-17(2)33-28-26(32-16)25(23-5-4-19(29)13-24(23)31)34-27(35-28)18-10-20(30)12-21(11-18)37-6-8-38(9-7-37)22-14-36(3)15-22/h4-5,10-13,22H,6-9,14-15H2,1-3H3. The van der Waals surface area contributed by atoms with Gasteiger partial charge >= 0.3 is 0 Å². The number of halogens is 3. The van der Waals surface area contributed by atoms with Crippen LogP contribution >= 0.6 is 0 Å². The van der Waals surface area contributed by atoms with Crippen LogP contribution in [0.5, 0.6) is 0 Å². The second-order valence-corrected chi connectivity index (χ2v) is 10.2. The lowest BCUT2D eigenvalue weighted by Crippen LogP contribution is -2.61. The number of piperazine rings is 1. The largest absolute Gasteiger partial charge is 0.369 e. The predicted octanol–water partition coefficient (Wildman–Crippen LogP) is 4.22. The minimum atomic E-state index is -0.772. The molecule has 2 fully saturated rings. The molecule has 10 heteroatoms. The number of aromatic nitrogens is 4. The Morgan fingerprint density at radius 1 is 0.789 bits per heavy atom. The number of likely N-dealkylation sites (tertiary alicyclic amines) is 1. The molecule has 0 aliphatic carbocycles. The van der Waals surface area contributed by atoms with Crippen LogP contribution in [-0.2, 0) is 0 Å².